The van der Waals surface area contributed by atoms with Gasteiger partial charge in [-0.15, -0.1) is 0 Å². The molecule has 7 heteroatoms. The van der Waals surface area contributed by atoms with Crippen molar-refractivity contribution in [1.82, 2.24) is 4.90 Å². The predicted molar refractivity (Wildman–Crippen MR) is 62.9 cm³/mol. The number of nitrogen functional groups attached to an aromatic ring is 1. The Morgan fingerprint density at radius 1 is 1.50 bits per heavy atom. The first-order valence-corrected chi connectivity index (χ1v) is 5.20. The first-order valence-electron chi connectivity index (χ1n) is 5.20. The van der Waals surface area contributed by atoms with E-state index in [0.29, 0.717) is 5.69 Å². The number of likely N-dealkylation sites (N-methyl/N-ethyl adjacent to an activating group) is 1. The van der Waals surface area contributed by atoms with Crippen LogP contribution in [0.25, 0.3) is 0 Å². The van der Waals surface area contributed by atoms with Crippen molar-refractivity contribution in [3.63, 3.8) is 0 Å². The van der Waals surface area contributed by atoms with Crippen molar-refractivity contribution in [2.45, 2.75) is 6.43 Å². The van der Waals surface area contributed by atoms with E-state index in [1.165, 1.54) is 19.2 Å². The van der Waals surface area contributed by atoms with Gasteiger partial charge >= 0.3 is 0 Å². The fraction of sp³-hybridized carbons (Fsp3) is 0.364. The maximum Gasteiger partial charge on any atom is 0.251 e. The Morgan fingerprint density at radius 3 is 2.78 bits per heavy atom. The second-order valence-electron chi connectivity index (χ2n) is 3.88. The Bertz CT molecular complexity index is 426. The van der Waals surface area contributed by atoms with E-state index >= 15 is 0 Å². The summed E-state index contributed by atoms with van der Waals surface area (Å²) in [6.45, 7) is -0.772. The smallest absolute Gasteiger partial charge is 0.251 e. The maximum absolute atomic E-state index is 13.3. The summed E-state index contributed by atoms with van der Waals surface area (Å²) in [6, 6.07) is 3.74. The summed E-state index contributed by atoms with van der Waals surface area (Å²) >= 11 is 0. The third kappa shape index (κ3) is 4.62. The van der Waals surface area contributed by atoms with Gasteiger partial charge in [0.05, 0.1) is 18.8 Å². The Kier molecular flexibility index (Phi) is 4.96. The largest absolute Gasteiger partial charge is 0.399 e. The molecule has 0 heterocycles. The van der Waals surface area contributed by atoms with Crippen LogP contribution in [0, 0.1) is 5.82 Å². The van der Waals surface area contributed by atoms with Crippen molar-refractivity contribution < 1.29 is 18.0 Å². The van der Waals surface area contributed by atoms with E-state index < -0.39 is 24.7 Å². The monoisotopic (exact) mass is 261 g/mol. The third-order valence-corrected chi connectivity index (χ3v) is 2.13. The van der Waals surface area contributed by atoms with E-state index in [4.69, 9.17) is 5.73 Å². The molecule has 0 spiro atoms. The molecular weight excluding hydrogens is 247 g/mol. The number of nitrogens with one attached hydrogen (secondary N) is 1. The number of nitrogens with zero attached hydrogens (tertiary/aromatic N) is 1. The van der Waals surface area contributed by atoms with Gasteiger partial charge in [0, 0.05) is 5.69 Å². The zero-order valence-corrected chi connectivity index (χ0v) is 9.79. The zero-order chi connectivity index (χ0) is 13.7. The summed E-state index contributed by atoms with van der Waals surface area (Å²) in [5, 5.41) is 2.27. The summed E-state index contributed by atoms with van der Waals surface area (Å²) < 4.78 is 37.3. The number of rotatable bonds is 5. The highest BCUT2D eigenvalue weighted by atomic mass is 19.3. The number of halogens is 3. The average Bonchev–Trinajstić information content (AvgIpc) is 2.21. The first kappa shape index (κ1) is 14.3. The second-order valence-corrected chi connectivity index (χ2v) is 3.88. The van der Waals surface area contributed by atoms with Crippen molar-refractivity contribution >= 4 is 17.3 Å². The van der Waals surface area contributed by atoms with Crippen LogP contribution in [-0.4, -0.2) is 37.4 Å². The van der Waals surface area contributed by atoms with E-state index in [1.807, 2.05) is 0 Å². The van der Waals surface area contributed by atoms with Crippen LogP contribution in [0.1, 0.15) is 0 Å². The molecule has 18 heavy (non-hydrogen) atoms. The van der Waals surface area contributed by atoms with Crippen LogP contribution in [0.4, 0.5) is 24.5 Å². The van der Waals surface area contributed by atoms with Gasteiger partial charge in [0.25, 0.3) is 6.43 Å². The molecule has 0 aliphatic heterocycles. The van der Waals surface area contributed by atoms with E-state index in [2.05, 4.69) is 5.32 Å². The second kappa shape index (κ2) is 6.25. The average molecular weight is 261 g/mol. The van der Waals surface area contributed by atoms with Crippen molar-refractivity contribution in [2.75, 3.05) is 31.2 Å². The lowest BCUT2D eigenvalue weighted by molar-refractivity contribution is -0.117. The minimum atomic E-state index is -2.52. The fourth-order valence-electron chi connectivity index (χ4n) is 1.37. The number of hydrogen-bond acceptors (Lipinski definition) is 3. The molecule has 0 bridgehead atoms. The summed E-state index contributed by atoms with van der Waals surface area (Å²) in [4.78, 5) is 12.6. The highest BCUT2D eigenvalue weighted by Gasteiger charge is 2.13. The van der Waals surface area contributed by atoms with Gasteiger partial charge in [-0.2, -0.15) is 0 Å². The van der Waals surface area contributed by atoms with Crippen LogP contribution >= 0.6 is 0 Å². The molecule has 3 N–H and O–H groups in total. The van der Waals surface area contributed by atoms with Crippen LogP contribution in [0.5, 0.6) is 0 Å². The quantitative estimate of drug-likeness (QED) is 0.790. The predicted octanol–water partition coefficient (Wildman–Crippen LogP) is 1.54. The van der Waals surface area contributed by atoms with E-state index in [0.717, 1.165) is 11.0 Å². The van der Waals surface area contributed by atoms with Crippen LogP contribution < -0.4 is 11.1 Å². The lowest BCUT2D eigenvalue weighted by Crippen LogP contribution is -2.33. The lowest BCUT2D eigenvalue weighted by Gasteiger charge is -2.15. The van der Waals surface area contributed by atoms with Crippen molar-refractivity contribution in [3.8, 4) is 0 Å². The number of alkyl halides is 2. The molecule has 100 valence electrons. The molecule has 0 unspecified atom stereocenters. The molecule has 0 saturated carbocycles. The van der Waals surface area contributed by atoms with Gasteiger partial charge in [-0.3, -0.25) is 9.69 Å². The fourth-order valence-corrected chi connectivity index (χ4v) is 1.37. The topological polar surface area (TPSA) is 58.4 Å². The standard InChI is InChI=1S/C11H14F3N3O/c1-17(5-10(13)14)6-11(18)16-9-4-7(15)2-3-8(9)12/h2-4,10H,5-6,15H2,1H3,(H,16,18). The van der Waals surface area contributed by atoms with E-state index in [9.17, 15) is 18.0 Å². The normalized spacial score (nSPS) is 11.0. The molecule has 0 saturated heterocycles. The Labute approximate surface area is 103 Å². The SMILES string of the molecule is CN(CC(=O)Nc1cc(N)ccc1F)CC(F)F. The van der Waals surface area contributed by atoms with Crippen molar-refractivity contribution in [3.05, 3.63) is 24.0 Å². The number of carbonyl (C=O) groups is 1. The summed E-state index contributed by atoms with van der Waals surface area (Å²) in [5.41, 5.74) is 5.68. The zero-order valence-electron chi connectivity index (χ0n) is 9.79. The minimum absolute atomic E-state index is 0.0644. The molecular formula is C11H14F3N3O. The first-order chi connectivity index (χ1) is 8.38. The molecule has 1 rings (SSSR count). The van der Waals surface area contributed by atoms with Crippen LogP contribution in [-0.2, 0) is 4.79 Å². The summed E-state index contributed by atoms with van der Waals surface area (Å²) in [5.74, 6) is -1.21. The molecule has 0 aromatic heterocycles. The van der Waals surface area contributed by atoms with E-state index in [1.54, 1.807) is 0 Å². The van der Waals surface area contributed by atoms with Crippen molar-refractivity contribution in [1.29, 1.82) is 0 Å². The van der Waals surface area contributed by atoms with E-state index in [-0.39, 0.29) is 12.2 Å². The molecule has 1 aromatic rings. The van der Waals surface area contributed by atoms with Gasteiger partial charge in [0.1, 0.15) is 5.82 Å². The van der Waals surface area contributed by atoms with Gasteiger partial charge in [-0.05, 0) is 25.2 Å². The van der Waals surface area contributed by atoms with Crippen LogP contribution in [0.2, 0.25) is 0 Å². The molecule has 0 aliphatic carbocycles. The Balaban J connectivity index is 2.56. The van der Waals surface area contributed by atoms with Crippen molar-refractivity contribution in [2.24, 2.45) is 0 Å². The van der Waals surface area contributed by atoms with Gasteiger partial charge in [-0.1, -0.05) is 0 Å². The number of nitrogens with two attached hydrogens (primary N) is 1. The molecule has 4 nitrogen and oxygen atoms in total. The maximum atomic E-state index is 13.3. The molecule has 0 atom stereocenters. The molecule has 0 aliphatic rings. The number of anilines is 2. The summed E-state index contributed by atoms with van der Waals surface area (Å²) in [7, 11) is 1.38. The number of carbonyl (C=O) groups excluding carboxylic acids is 1. The number of benzene rings is 1. The molecule has 1 amide bonds. The number of amides is 1. The lowest BCUT2D eigenvalue weighted by atomic mass is 10.2. The Hall–Kier alpha value is -1.76. The van der Waals surface area contributed by atoms with Crippen LogP contribution in [0.3, 0.4) is 0 Å². The third-order valence-electron chi connectivity index (χ3n) is 2.13. The molecule has 0 fully saturated rings. The highest BCUT2D eigenvalue weighted by molar-refractivity contribution is 5.92. The molecule has 1 aromatic carbocycles. The highest BCUT2D eigenvalue weighted by Crippen LogP contribution is 2.17. The minimum Gasteiger partial charge on any atom is -0.399 e. The Morgan fingerprint density at radius 2 is 2.17 bits per heavy atom. The van der Waals surface area contributed by atoms with Gasteiger partial charge < -0.3 is 11.1 Å². The van der Waals surface area contributed by atoms with Gasteiger partial charge in [0.15, 0.2) is 0 Å². The van der Waals surface area contributed by atoms with Gasteiger partial charge in [-0.25, -0.2) is 13.2 Å². The summed E-state index contributed by atoms with van der Waals surface area (Å²) in [6.07, 6.45) is -2.52. The number of hydrogen-bond donors (Lipinski definition) is 2. The van der Waals surface area contributed by atoms with Crippen LogP contribution in [0.15, 0.2) is 18.2 Å². The molecule has 0 radical (unpaired) electrons. The van der Waals surface area contributed by atoms with Gasteiger partial charge in [0.2, 0.25) is 5.91 Å².